The standard InChI is InChI=1S/C17H23BO4/c1-13-17(4,5)22-18(21-13)11-10-14-6-8-15(9-7-14)20-12-16(2,3)19/h6-11,19H,1,12H2,2-5H3/b11-10+. The SMILES string of the molecule is C=C1OB(/C=C/c2ccc(OCC(C)(C)O)cc2)OC1(C)C. The first kappa shape index (κ1) is 16.7. The summed E-state index contributed by atoms with van der Waals surface area (Å²) in [6.07, 6.45) is 1.93. The van der Waals surface area contributed by atoms with E-state index < -0.39 is 18.3 Å². The van der Waals surface area contributed by atoms with Gasteiger partial charge in [0.2, 0.25) is 0 Å². The van der Waals surface area contributed by atoms with Crippen molar-refractivity contribution in [3.05, 3.63) is 48.1 Å². The van der Waals surface area contributed by atoms with Gasteiger partial charge in [-0.15, -0.1) is 0 Å². The maximum Gasteiger partial charge on any atom is 0.555 e. The first-order valence-electron chi connectivity index (χ1n) is 7.33. The van der Waals surface area contributed by atoms with Crippen molar-refractivity contribution in [2.75, 3.05) is 6.61 Å². The molecule has 0 amide bonds. The van der Waals surface area contributed by atoms with Crippen molar-refractivity contribution in [2.45, 2.75) is 38.9 Å². The van der Waals surface area contributed by atoms with Gasteiger partial charge >= 0.3 is 7.12 Å². The molecule has 1 aromatic carbocycles. The fourth-order valence-corrected chi connectivity index (χ4v) is 1.87. The minimum atomic E-state index is -0.842. The molecule has 0 radical (unpaired) electrons. The Morgan fingerprint density at radius 3 is 2.45 bits per heavy atom. The Hall–Kier alpha value is -1.72. The first-order chi connectivity index (χ1) is 10.2. The molecule has 5 heteroatoms. The molecule has 4 nitrogen and oxygen atoms in total. The molecule has 1 aromatic rings. The van der Waals surface area contributed by atoms with E-state index in [-0.39, 0.29) is 6.61 Å². The van der Waals surface area contributed by atoms with E-state index in [4.69, 9.17) is 14.0 Å². The summed E-state index contributed by atoms with van der Waals surface area (Å²) in [4.78, 5) is 0. The summed E-state index contributed by atoms with van der Waals surface area (Å²) >= 11 is 0. The van der Waals surface area contributed by atoms with Crippen LogP contribution in [0.2, 0.25) is 0 Å². The minimum absolute atomic E-state index is 0.253. The van der Waals surface area contributed by atoms with Crippen molar-refractivity contribution in [1.29, 1.82) is 0 Å². The van der Waals surface area contributed by atoms with Gasteiger partial charge in [0.05, 0.1) is 11.4 Å². The lowest BCUT2D eigenvalue weighted by Gasteiger charge is -2.17. The van der Waals surface area contributed by atoms with E-state index in [0.717, 1.165) is 11.3 Å². The largest absolute Gasteiger partial charge is 0.555 e. The first-order valence-corrected chi connectivity index (χ1v) is 7.33. The molecular formula is C17H23BO4. The van der Waals surface area contributed by atoms with Crippen LogP contribution in [-0.4, -0.2) is 30.0 Å². The van der Waals surface area contributed by atoms with Crippen LogP contribution < -0.4 is 4.74 Å². The summed E-state index contributed by atoms with van der Waals surface area (Å²) in [6, 6.07) is 7.60. The highest BCUT2D eigenvalue weighted by Crippen LogP contribution is 2.29. The van der Waals surface area contributed by atoms with Gasteiger partial charge < -0.3 is 19.2 Å². The smallest absolute Gasteiger partial charge is 0.534 e. The van der Waals surface area contributed by atoms with E-state index >= 15 is 0 Å². The van der Waals surface area contributed by atoms with Crippen molar-refractivity contribution in [3.8, 4) is 5.75 Å². The molecule has 0 aliphatic carbocycles. The lowest BCUT2D eigenvalue weighted by atomic mass is 9.89. The molecule has 0 bridgehead atoms. The number of hydrogen-bond acceptors (Lipinski definition) is 4. The minimum Gasteiger partial charge on any atom is -0.534 e. The van der Waals surface area contributed by atoms with E-state index in [1.54, 1.807) is 13.8 Å². The summed E-state index contributed by atoms with van der Waals surface area (Å²) in [6.45, 7) is 11.4. The summed E-state index contributed by atoms with van der Waals surface area (Å²) in [5.41, 5.74) is -0.285. The van der Waals surface area contributed by atoms with Crippen molar-refractivity contribution in [3.63, 3.8) is 0 Å². The zero-order chi connectivity index (χ0) is 16.4. The fraction of sp³-hybridized carbons (Fsp3) is 0.412. The Balaban J connectivity index is 1.92. The monoisotopic (exact) mass is 302 g/mol. The highest BCUT2D eigenvalue weighted by atomic mass is 16.7. The fourth-order valence-electron chi connectivity index (χ4n) is 1.87. The second kappa shape index (κ2) is 6.19. The second-order valence-electron chi connectivity index (χ2n) is 6.57. The van der Waals surface area contributed by atoms with Crippen LogP contribution in [-0.2, 0) is 9.31 Å². The maximum atomic E-state index is 9.63. The van der Waals surface area contributed by atoms with Gasteiger partial charge in [-0.2, -0.15) is 0 Å². The number of ether oxygens (including phenoxy) is 1. The quantitative estimate of drug-likeness (QED) is 0.848. The Kier molecular flexibility index (Phi) is 4.68. The molecule has 0 unspecified atom stereocenters. The number of hydrogen-bond donors (Lipinski definition) is 1. The third kappa shape index (κ3) is 4.65. The zero-order valence-electron chi connectivity index (χ0n) is 13.6. The highest BCUT2D eigenvalue weighted by Gasteiger charge is 2.39. The van der Waals surface area contributed by atoms with Crippen LogP contribution in [0.1, 0.15) is 33.3 Å². The molecule has 0 saturated carbocycles. The summed E-state index contributed by atoms with van der Waals surface area (Å²) in [5.74, 6) is 3.21. The molecule has 1 N–H and O–H groups in total. The van der Waals surface area contributed by atoms with Crippen molar-refractivity contribution < 1.29 is 19.2 Å². The van der Waals surface area contributed by atoms with E-state index in [2.05, 4.69) is 6.58 Å². The Labute approximate surface area is 132 Å². The summed E-state index contributed by atoms with van der Waals surface area (Å²) in [5, 5.41) is 9.63. The van der Waals surface area contributed by atoms with Crippen LogP contribution in [0.4, 0.5) is 0 Å². The molecule has 1 saturated heterocycles. The number of aliphatic hydroxyl groups is 1. The predicted molar refractivity (Wildman–Crippen MR) is 88.4 cm³/mol. The van der Waals surface area contributed by atoms with E-state index in [0.29, 0.717) is 5.76 Å². The molecule has 0 aromatic heterocycles. The average Bonchev–Trinajstić information content (AvgIpc) is 2.68. The van der Waals surface area contributed by atoms with Gasteiger partial charge in [0, 0.05) is 0 Å². The molecule has 118 valence electrons. The van der Waals surface area contributed by atoms with Crippen LogP contribution in [0.15, 0.2) is 42.6 Å². The zero-order valence-corrected chi connectivity index (χ0v) is 13.6. The van der Waals surface area contributed by atoms with Gasteiger partial charge in [-0.25, -0.2) is 0 Å². The van der Waals surface area contributed by atoms with Crippen LogP contribution in [0.5, 0.6) is 5.75 Å². The van der Waals surface area contributed by atoms with Gasteiger partial charge in [0.25, 0.3) is 0 Å². The van der Waals surface area contributed by atoms with Gasteiger partial charge in [0.15, 0.2) is 0 Å². The third-order valence-corrected chi connectivity index (χ3v) is 3.26. The Bertz CT molecular complexity index is 555. The van der Waals surface area contributed by atoms with Gasteiger partial charge in [-0.3, -0.25) is 0 Å². The van der Waals surface area contributed by atoms with E-state index in [9.17, 15) is 5.11 Å². The number of rotatable bonds is 5. The van der Waals surface area contributed by atoms with Crippen LogP contribution in [0.25, 0.3) is 6.08 Å². The van der Waals surface area contributed by atoms with Crippen molar-refractivity contribution >= 4 is 13.2 Å². The second-order valence-corrected chi connectivity index (χ2v) is 6.57. The third-order valence-electron chi connectivity index (χ3n) is 3.26. The Morgan fingerprint density at radius 1 is 1.32 bits per heavy atom. The van der Waals surface area contributed by atoms with Crippen LogP contribution in [0.3, 0.4) is 0 Å². The van der Waals surface area contributed by atoms with E-state index in [1.807, 2.05) is 50.2 Å². The van der Waals surface area contributed by atoms with Crippen LogP contribution >= 0.6 is 0 Å². The molecule has 1 aliphatic heterocycles. The molecule has 0 spiro atoms. The normalized spacial score (nSPS) is 17.9. The molecular weight excluding hydrogens is 279 g/mol. The van der Waals surface area contributed by atoms with Crippen LogP contribution in [0, 0.1) is 0 Å². The lowest BCUT2D eigenvalue weighted by molar-refractivity contribution is 0.0285. The molecule has 1 aliphatic rings. The molecule has 0 atom stereocenters. The Morgan fingerprint density at radius 2 is 1.95 bits per heavy atom. The average molecular weight is 302 g/mol. The molecule has 1 fully saturated rings. The molecule has 22 heavy (non-hydrogen) atoms. The summed E-state index contributed by atoms with van der Waals surface area (Å²) < 4.78 is 16.8. The number of benzene rings is 1. The lowest BCUT2D eigenvalue weighted by Crippen LogP contribution is -2.27. The summed E-state index contributed by atoms with van der Waals surface area (Å²) in [7, 11) is -0.409. The van der Waals surface area contributed by atoms with E-state index in [1.165, 1.54) is 0 Å². The van der Waals surface area contributed by atoms with Crippen molar-refractivity contribution in [1.82, 2.24) is 0 Å². The topological polar surface area (TPSA) is 47.9 Å². The van der Waals surface area contributed by atoms with Gasteiger partial charge in [0.1, 0.15) is 18.0 Å². The highest BCUT2D eigenvalue weighted by molar-refractivity contribution is 6.53. The molecule has 2 rings (SSSR count). The van der Waals surface area contributed by atoms with Crippen molar-refractivity contribution in [2.24, 2.45) is 0 Å². The molecule has 1 heterocycles. The maximum absolute atomic E-state index is 9.63. The van der Waals surface area contributed by atoms with Gasteiger partial charge in [-0.05, 0) is 51.4 Å². The van der Waals surface area contributed by atoms with Gasteiger partial charge in [-0.1, -0.05) is 24.8 Å². The predicted octanol–water partition coefficient (Wildman–Crippen LogP) is 3.22.